The Morgan fingerprint density at radius 1 is 1.04 bits per heavy atom. The first-order valence-electron chi connectivity index (χ1n) is 8.48. The molecule has 3 aromatic rings. The number of carbonyl (C=O) groups excluding carboxylic acids is 1. The van der Waals surface area contributed by atoms with Crippen molar-refractivity contribution >= 4 is 6.03 Å². The normalized spacial score (nSPS) is 10.3. The van der Waals surface area contributed by atoms with Gasteiger partial charge in [0, 0.05) is 25.5 Å². The van der Waals surface area contributed by atoms with Crippen LogP contribution in [0.3, 0.4) is 0 Å². The van der Waals surface area contributed by atoms with E-state index in [0.29, 0.717) is 13.1 Å². The number of nitrogens with one attached hydrogen (secondary N) is 2. The highest BCUT2D eigenvalue weighted by atomic mass is 16.5. The molecule has 2 amide bonds. The molecule has 2 aromatic carbocycles. The molecule has 0 aliphatic heterocycles. The Hall–Kier alpha value is -3.28. The van der Waals surface area contributed by atoms with Gasteiger partial charge < -0.3 is 15.4 Å². The molecule has 6 heteroatoms. The number of methoxy groups -OCH3 is 1. The van der Waals surface area contributed by atoms with E-state index in [1.165, 1.54) is 0 Å². The van der Waals surface area contributed by atoms with E-state index in [-0.39, 0.29) is 6.03 Å². The third kappa shape index (κ3) is 4.86. The maximum absolute atomic E-state index is 11.9. The number of carbonyl (C=O) groups is 1. The van der Waals surface area contributed by atoms with Crippen molar-refractivity contribution in [1.82, 2.24) is 20.4 Å². The highest BCUT2D eigenvalue weighted by molar-refractivity contribution is 5.73. The molecule has 26 heavy (non-hydrogen) atoms. The van der Waals surface area contributed by atoms with E-state index >= 15 is 0 Å². The first-order valence-corrected chi connectivity index (χ1v) is 8.48. The lowest BCUT2D eigenvalue weighted by molar-refractivity contribution is 0.240. The van der Waals surface area contributed by atoms with Crippen LogP contribution in [0.2, 0.25) is 0 Å². The highest BCUT2D eigenvalue weighted by Gasteiger charge is 2.02. The van der Waals surface area contributed by atoms with Gasteiger partial charge in [0.05, 0.1) is 12.8 Å². The molecule has 0 saturated carbocycles. The van der Waals surface area contributed by atoms with Gasteiger partial charge in [-0.2, -0.15) is 5.10 Å². The van der Waals surface area contributed by atoms with Gasteiger partial charge in [0.15, 0.2) is 0 Å². The predicted molar refractivity (Wildman–Crippen MR) is 101 cm³/mol. The molecule has 0 atom stereocenters. The van der Waals surface area contributed by atoms with Crippen LogP contribution in [0.15, 0.2) is 67.0 Å². The topological polar surface area (TPSA) is 68.2 Å². The minimum absolute atomic E-state index is 0.172. The van der Waals surface area contributed by atoms with Gasteiger partial charge in [-0.25, -0.2) is 9.48 Å². The molecular formula is C20H22N4O2. The largest absolute Gasteiger partial charge is 0.497 e. The summed E-state index contributed by atoms with van der Waals surface area (Å²) >= 11 is 0. The molecule has 0 radical (unpaired) electrons. The van der Waals surface area contributed by atoms with Gasteiger partial charge in [-0.05, 0) is 47.9 Å². The second-order valence-corrected chi connectivity index (χ2v) is 5.82. The quantitative estimate of drug-likeness (QED) is 0.688. The molecule has 0 bridgehead atoms. The van der Waals surface area contributed by atoms with E-state index in [1.54, 1.807) is 13.3 Å². The van der Waals surface area contributed by atoms with Crippen LogP contribution in [0.4, 0.5) is 4.79 Å². The van der Waals surface area contributed by atoms with Crippen LogP contribution < -0.4 is 15.4 Å². The average molecular weight is 350 g/mol. The maximum atomic E-state index is 11.9. The number of amides is 2. The van der Waals surface area contributed by atoms with Crippen molar-refractivity contribution in [2.24, 2.45) is 0 Å². The molecule has 0 fully saturated rings. The lowest BCUT2D eigenvalue weighted by Gasteiger charge is -2.09. The Kier molecular flexibility index (Phi) is 5.88. The van der Waals surface area contributed by atoms with Crippen molar-refractivity contribution in [3.8, 4) is 11.4 Å². The minimum Gasteiger partial charge on any atom is -0.497 e. The molecule has 0 unspecified atom stereocenters. The number of hydrogen-bond donors (Lipinski definition) is 2. The smallest absolute Gasteiger partial charge is 0.315 e. The second kappa shape index (κ2) is 8.71. The predicted octanol–water partition coefficient (Wildman–Crippen LogP) is 2.92. The summed E-state index contributed by atoms with van der Waals surface area (Å²) in [6.45, 7) is 1.06. The first kappa shape index (κ1) is 17.5. The molecule has 6 nitrogen and oxygen atoms in total. The van der Waals surface area contributed by atoms with Gasteiger partial charge in [-0.3, -0.25) is 0 Å². The zero-order valence-corrected chi connectivity index (χ0v) is 14.7. The third-order valence-electron chi connectivity index (χ3n) is 4.02. The van der Waals surface area contributed by atoms with Crippen LogP contribution in [0.5, 0.6) is 5.75 Å². The number of hydrogen-bond acceptors (Lipinski definition) is 3. The summed E-state index contributed by atoms with van der Waals surface area (Å²) in [5.41, 5.74) is 3.20. The molecular weight excluding hydrogens is 328 g/mol. The van der Waals surface area contributed by atoms with Gasteiger partial charge >= 0.3 is 6.03 Å². The second-order valence-electron chi connectivity index (χ2n) is 5.82. The van der Waals surface area contributed by atoms with Crippen LogP contribution in [0.1, 0.15) is 11.1 Å². The fraction of sp³-hybridized carbons (Fsp3) is 0.200. The zero-order valence-electron chi connectivity index (χ0n) is 14.7. The molecule has 1 heterocycles. The van der Waals surface area contributed by atoms with Gasteiger partial charge in [0.2, 0.25) is 0 Å². The van der Waals surface area contributed by atoms with Crippen molar-refractivity contribution in [2.45, 2.75) is 13.0 Å². The molecule has 0 aliphatic rings. The average Bonchev–Trinajstić information content (AvgIpc) is 3.22. The van der Waals surface area contributed by atoms with E-state index in [4.69, 9.17) is 4.74 Å². The number of aromatic nitrogens is 2. The van der Waals surface area contributed by atoms with E-state index in [1.807, 2.05) is 65.5 Å². The summed E-state index contributed by atoms with van der Waals surface area (Å²) in [4.78, 5) is 11.9. The third-order valence-corrected chi connectivity index (χ3v) is 4.02. The van der Waals surface area contributed by atoms with Crippen molar-refractivity contribution in [2.75, 3.05) is 13.7 Å². The van der Waals surface area contributed by atoms with E-state index in [0.717, 1.165) is 29.0 Å². The number of nitrogens with zero attached hydrogens (tertiary/aromatic N) is 2. The number of rotatable bonds is 7. The highest BCUT2D eigenvalue weighted by Crippen LogP contribution is 2.11. The van der Waals surface area contributed by atoms with Crippen LogP contribution in [0, 0.1) is 0 Å². The number of benzene rings is 2. The van der Waals surface area contributed by atoms with Crippen LogP contribution in [0.25, 0.3) is 5.69 Å². The van der Waals surface area contributed by atoms with E-state index < -0.39 is 0 Å². The molecule has 0 saturated heterocycles. The standard InChI is InChI=1S/C20H22N4O2/c1-26-19-9-5-17(6-10-19)15-22-20(25)21-13-11-16-3-7-18(8-4-16)24-14-2-12-23-24/h2-10,12,14H,11,13,15H2,1H3,(H2,21,22,25). The molecule has 134 valence electrons. The fourth-order valence-corrected chi connectivity index (χ4v) is 2.55. The molecule has 0 spiro atoms. The maximum Gasteiger partial charge on any atom is 0.315 e. The minimum atomic E-state index is -0.172. The summed E-state index contributed by atoms with van der Waals surface area (Å²) < 4.78 is 6.93. The van der Waals surface area contributed by atoms with Gasteiger partial charge in [-0.1, -0.05) is 24.3 Å². The first-order chi connectivity index (χ1) is 12.7. The lowest BCUT2D eigenvalue weighted by atomic mass is 10.1. The molecule has 1 aromatic heterocycles. The summed E-state index contributed by atoms with van der Waals surface area (Å²) in [6, 6.07) is 17.5. The number of urea groups is 1. The van der Waals surface area contributed by atoms with E-state index in [2.05, 4.69) is 15.7 Å². The molecule has 2 N–H and O–H groups in total. The van der Waals surface area contributed by atoms with Gasteiger partial charge in [0.1, 0.15) is 5.75 Å². The number of ether oxygens (including phenoxy) is 1. The van der Waals surface area contributed by atoms with Gasteiger partial charge in [-0.15, -0.1) is 0 Å². The SMILES string of the molecule is COc1ccc(CNC(=O)NCCc2ccc(-n3cccn3)cc2)cc1. The van der Waals surface area contributed by atoms with E-state index in [9.17, 15) is 4.79 Å². The van der Waals surface area contributed by atoms with Crippen LogP contribution in [-0.4, -0.2) is 29.5 Å². The summed E-state index contributed by atoms with van der Waals surface area (Å²) in [7, 11) is 1.63. The Balaban J connectivity index is 1.39. The van der Waals surface area contributed by atoms with Crippen molar-refractivity contribution < 1.29 is 9.53 Å². The fourth-order valence-electron chi connectivity index (χ4n) is 2.55. The summed E-state index contributed by atoms with van der Waals surface area (Å²) in [5, 5.41) is 9.92. The summed E-state index contributed by atoms with van der Waals surface area (Å²) in [5.74, 6) is 0.803. The Morgan fingerprint density at radius 2 is 1.77 bits per heavy atom. The Morgan fingerprint density at radius 3 is 2.42 bits per heavy atom. The van der Waals surface area contributed by atoms with Gasteiger partial charge in [0.25, 0.3) is 0 Å². The summed E-state index contributed by atoms with van der Waals surface area (Å²) in [6.07, 6.45) is 4.43. The molecule has 3 rings (SSSR count). The zero-order chi connectivity index (χ0) is 18.2. The monoisotopic (exact) mass is 350 g/mol. The molecule has 0 aliphatic carbocycles. The Labute approximate surface area is 152 Å². The van der Waals surface area contributed by atoms with Crippen molar-refractivity contribution in [3.05, 3.63) is 78.1 Å². The van der Waals surface area contributed by atoms with Crippen LogP contribution >= 0.6 is 0 Å². The van der Waals surface area contributed by atoms with Crippen molar-refractivity contribution in [3.63, 3.8) is 0 Å². The lowest BCUT2D eigenvalue weighted by Crippen LogP contribution is -2.36. The Bertz CT molecular complexity index is 812. The van der Waals surface area contributed by atoms with Crippen LogP contribution in [-0.2, 0) is 13.0 Å². The van der Waals surface area contributed by atoms with Crippen molar-refractivity contribution in [1.29, 1.82) is 0 Å².